The van der Waals surface area contributed by atoms with Crippen molar-refractivity contribution in [2.24, 2.45) is 0 Å². The number of nitrogens with zero attached hydrogens (tertiary/aromatic N) is 2. The van der Waals surface area contributed by atoms with E-state index >= 15 is 0 Å². The number of benzene rings is 1. The fourth-order valence-corrected chi connectivity index (χ4v) is 3.88. The highest BCUT2D eigenvalue weighted by molar-refractivity contribution is 7.17. The van der Waals surface area contributed by atoms with Gasteiger partial charge in [-0.05, 0) is 36.2 Å². The van der Waals surface area contributed by atoms with Crippen LogP contribution in [-0.2, 0) is 4.79 Å². The average molecular weight is 346 g/mol. The van der Waals surface area contributed by atoms with Crippen molar-refractivity contribution < 1.29 is 14.0 Å². The first kappa shape index (κ1) is 16.6. The summed E-state index contributed by atoms with van der Waals surface area (Å²) >= 11 is 1.36. The van der Waals surface area contributed by atoms with E-state index in [9.17, 15) is 14.0 Å². The highest BCUT2D eigenvalue weighted by Gasteiger charge is 2.29. The van der Waals surface area contributed by atoms with E-state index in [-0.39, 0.29) is 23.7 Å². The lowest BCUT2D eigenvalue weighted by atomic mass is 10.0. The van der Waals surface area contributed by atoms with Crippen LogP contribution in [0.1, 0.15) is 22.5 Å². The number of likely N-dealkylation sites (tertiary alicyclic amines) is 1. The molecule has 1 atom stereocenters. The molecule has 24 heavy (non-hydrogen) atoms. The van der Waals surface area contributed by atoms with E-state index in [1.54, 1.807) is 36.0 Å². The minimum Gasteiger partial charge on any atom is -0.344 e. The summed E-state index contributed by atoms with van der Waals surface area (Å²) in [6.45, 7) is 0.559. The quantitative estimate of drug-likeness (QED) is 0.856. The Morgan fingerprint density at radius 3 is 2.83 bits per heavy atom. The summed E-state index contributed by atoms with van der Waals surface area (Å²) in [6, 6.07) is 10.0. The number of piperidine rings is 1. The number of halogens is 1. The molecule has 0 N–H and O–H groups in total. The third kappa shape index (κ3) is 3.33. The molecule has 0 saturated carbocycles. The Morgan fingerprint density at radius 1 is 1.33 bits per heavy atom. The van der Waals surface area contributed by atoms with Crippen molar-refractivity contribution in [3.63, 3.8) is 0 Å². The summed E-state index contributed by atoms with van der Waals surface area (Å²) in [5.74, 6) is -0.229. The number of hydrogen-bond donors (Lipinski definition) is 0. The van der Waals surface area contributed by atoms with Crippen molar-refractivity contribution >= 4 is 23.2 Å². The van der Waals surface area contributed by atoms with Crippen LogP contribution < -0.4 is 0 Å². The summed E-state index contributed by atoms with van der Waals surface area (Å²) in [5, 5.41) is 0. The molecule has 0 aliphatic carbocycles. The summed E-state index contributed by atoms with van der Waals surface area (Å²) in [4.78, 5) is 29.2. The smallest absolute Gasteiger partial charge is 0.263 e. The number of carbonyl (C=O) groups excluding carboxylic acids is 2. The summed E-state index contributed by atoms with van der Waals surface area (Å²) in [5.41, 5.74) is 0.768. The number of hydrogen-bond acceptors (Lipinski definition) is 3. The van der Waals surface area contributed by atoms with E-state index in [1.807, 2.05) is 12.1 Å². The second kappa shape index (κ2) is 6.73. The SMILES string of the molecule is CN1CC(N(C)C(=O)c2ccc(-c3cccc(F)c3)s2)CCC1=O. The lowest BCUT2D eigenvalue weighted by Crippen LogP contribution is -2.49. The van der Waals surface area contributed by atoms with E-state index in [1.165, 1.54) is 23.5 Å². The third-order valence-electron chi connectivity index (χ3n) is 4.40. The monoisotopic (exact) mass is 346 g/mol. The van der Waals surface area contributed by atoms with Gasteiger partial charge in [-0.2, -0.15) is 0 Å². The van der Waals surface area contributed by atoms with E-state index in [0.29, 0.717) is 24.3 Å². The van der Waals surface area contributed by atoms with Gasteiger partial charge >= 0.3 is 0 Å². The molecular formula is C18H19FN2O2S. The lowest BCUT2D eigenvalue weighted by Gasteiger charge is -2.35. The molecule has 1 saturated heterocycles. The number of carbonyl (C=O) groups is 2. The number of amides is 2. The number of thiophene rings is 1. The van der Waals surface area contributed by atoms with Gasteiger partial charge in [0.1, 0.15) is 5.82 Å². The Kier molecular flexibility index (Phi) is 4.66. The molecule has 1 aliphatic rings. The van der Waals surface area contributed by atoms with Gasteiger partial charge in [-0.3, -0.25) is 9.59 Å². The number of likely N-dealkylation sites (N-methyl/N-ethyl adjacent to an activating group) is 2. The first-order valence-electron chi connectivity index (χ1n) is 7.82. The fraction of sp³-hybridized carbons (Fsp3) is 0.333. The first-order chi connectivity index (χ1) is 11.5. The van der Waals surface area contributed by atoms with Crippen LogP contribution >= 0.6 is 11.3 Å². The van der Waals surface area contributed by atoms with Crippen molar-refractivity contribution in [1.29, 1.82) is 0 Å². The Hall–Kier alpha value is -2.21. The molecule has 2 amide bonds. The van der Waals surface area contributed by atoms with Gasteiger partial charge in [-0.15, -0.1) is 11.3 Å². The largest absolute Gasteiger partial charge is 0.344 e. The summed E-state index contributed by atoms with van der Waals surface area (Å²) < 4.78 is 13.4. The minimum atomic E-state index is -0.291. The molecule has 1 aliphatic heterocycles. The Bertz CT molecular complexity index is 774. The molecule has 126 valence electrons. The second-order valence-electron chi connectivity index (χ2n) is 6.06. The standard InChI is InChI=1S/C18H19FN2O2S/c1-20-11-14(6-9-17(20)22)21(2)18(23)16-8-7-15(24-16)12-4-3-5-13(19)10-12/h3-5,7-8,10,14H,6,9,11H2,1-2H3. The van der Waals surface area contributed by atoms with Crippen LogP contribution in [0.2, 0.25) is 0 Å². The van der Waals surface area contributed by atoms with E-state index < -0.39 is 0 Å². The van der Waals surface area contributed by atoms with Crippen LogP contribution in [0.15, 0.2) is 36.4 Å². The van der Waals surface area contributed by atoms with E-state index in [2.05, 4.69) is 0 Å². The summed E-state index contributed by atoms with van der Waals surface area (Å²) in [6.07, 6.45) is 1.16. The van der Waals surface area contributed by atoms with Crippen molar-refractivity contribution in [3.05, 3.63) is 47.1 Å². The molecule has 6 heteroatoms. The molecule has 2 heterocycles. The van der Waals surface area contributed by atoms with Crippen LogP contribution in [-0.4, -0.2) is 48.3 Å². The molecule has 4 nitrogen and oxygen atoms in total. The second-order valence-corrected chi connectivity index (χ2v) is 7.14. The highest BCUT2D eigenvalue weighted by Crippen LogP contribution is 2.29. The van der Waals surface area contributed by atoms with Crippen molar-refractivity contribution in [2.45, 2.75) is 18.9 Å². The van der Waals surface area contributed by atoms with Crippen LogP contribution in [0.3, 0.4) is 0 Å². The van der Waals surface area contributed by atoms with Crippen molar-refractivity contribution in [1.82, 2.24) is 9.80 Å². The molecule has 1 aromatic heterocycles. The average Bonchev–Trinajstić information content (AvgIpc) is 3.06. The van der Waals surface area contributed by atoms with E-state index in [0.717, 1.165) is 10.4 Å². The molecule has 1 fully saturated rings. The molecule has 3 rings (SSSR count). The fourth-order valence-electron chi connectivity index (χ4n) is 2.90. The van der Waals surface area contributed by atoms with E-state index in [4.69, 9.17) is 0 Å². The molecule has 0 radical (unpaired) electrons. The van der Waals surface area contributed by atoms with Crippen molar-refractivity contribution in [2.75, 3.05) is 20.6 Å². The predicted octanol–water partition coefficient (Wildman–Crippen LogP) is 3.25. The van der Waals surface area contributed by atoms with Gasteiger partial charge in [-0.25, -0.2) is 4.39 Å². The Balaban J connectivity index is 1.75. The van der Waals surface area contributed by atoms with Gasteiger partial charge in [0.15, 0.2) is 0 Å². The normalized spacial score (nSPS) is 17.9. The zero-order valence-corrected chi connectivity index (χ0v) is 14.5. The Labute approximate surface area is 144 Å². The van der Waals surface area contributed by atoms with Crippen LogP contribution in [0.4, 0.5) is 4.39 Å². The maximum absolute atomic E-state index is 13.4. The maximum Gasteiger partial charge on any atom is 0.263 e. The van der Waals surface area contributed by atoms with Crippen LogP contribution in [0.25, 0.3) is 10.4 Å². The van der Waals surface area contributed by atoms with Crippen molar-refractivity contribution in [3.8, 4) is 10.4 Å². The molecule has 1 unspecified atom stereocenters. The Morgan fingerprint density at radius 2 is 2.12 bits per heavy atom. The zero-order valence-electron chi connectivity index (χ0n) is 13.7. The van der Waals surface area contributed by atoms with Gasteiger partial charge in [0.25, 0.3) is 5.91 Å². The zero-order chi connectivity index (χ0) is 17.3. The molecule has 0 bridgehead atoms. The third-order valence-corrected chi connectivity index (χ3v) is 5.52. The molecule has 1 aromatic carbocycles. The minimum absolute atomic E-state index is 0.0277. The van der Waals surface area contributed by atoms with Gasteiger partial charge in [0, 0.05) is 38.0 Å². The topological polar surface area (TPSA) is 40.6 Å². The highest BCUT2D eigenvalue weighted by atomic mass is 32.1. The van der Waals surface area contributed by atoms with Gasteiger partial charge in [0.05, 0.1) is 4.88 Å². The van der Waals surface area contributed by atoms with Gasteiger partial charge in [0.2, 0.25) is 5.91 Å². The van der Waals surface area contributed by atoms with Gasteiger partial charge < -0.3 is 9.80 Å². The maximum atomic E-state index is 13.4. The van der Waals surface area contributed by atoms with Gasteiger partial charge in [-0.1, -0.05) is 12.1 Å². The van der Waals surface area contributed by atoms with Crippen LogP contribution in [0, 0.1) is 5.82 Å². The predicted molar refractivity (Wildman–Crippen MR) is 92.5 cm³/mol. The molecule has 0 spiro atoms. The molecule has 2 aromatic rings. The van der Waals surface area contributed by atoms with Crippen LogP contribution in [0.5, 0.6) is 0 Å². The lowest BCUT2D eigenvalue weighted by molar-refractivity contribution is -0.133. The molecular weight excluding hydrogens is 327 g/mol. The summed E-state index contributed by atoms with van der Waals surface area (Å²) in [7, 11) is 3.54. The first-order valence-corrected chi connectivity index (χ1v) is 8.64. The number of rotatable bonds is 3.